The van der Waals surface area contributed by atoms with Crippen LogP contribution in [0.5, 0.6) is 0 Å². The van der Waals surface area contributed by atoms with Gasteiger partial charge in [0.1, 0.15) is 5.60 Å². The number of carbonyl (C=O) groups is 2. The van der Waals surface area contributed by atoms with Crippen molar-refractivity contribution in [2.45, 2.75) is 65.9 Å². The third-order valence-corrected chi connectivity index (χ3v) is 4.08. The molecule has 22 heavy (non-hydrogen) atoms. The molecule has 1 saturated heterocycles. The Balaban J connectivity index is 2.29. The summed E-state index contributed by atoms with van der Waals surface area (Å²) in [5.41, 5.74) is -0.509. The molecule has 0 aliphatic carbocycles. The molecule has 5 heteroatoms. The predicted molar refractivity (Wildman–Crippen MR) is 87.6 cm³/mol. The van der Waals surface area contributed by atoms with E-state index in [-0.39, 0.29) is 5.91 Å². The van der Waals surface area contributed by atoms with Gasteiger partial charge >= 0.3 is 6.09 Å². The molecule has 1 fully saturated rings. The highest BCUT2D eigenvalue weighted by Crippen LogP contribution is 2.24. The lowest BCUT2D eigenvalue weighted by Gasteiger charge is -2.22. The summed E-state index contributed by atoms with van der Waals surface area (Å²) in [6, 6.07) is 0. The van der Waals surface area contributed by atoms with E-state index in [9.17, 15) is 9.59 Å². The maximum atomic E-state index is 12.2. The minimum absolute atomic E-state index is 0.125. The molecule has 1 N–H and O–H groups in total. The monoisotopic (exact) mass is 312 g/mol. The maximum absolute atomic E-state index is 12.2. The van der Waals surface area contributed by atoms with Gasteiger partial charge in [0.2, 0.25) is 5.91 Å². The van der Waals surface area contributed by atoms with Crippen LogP contribution < -0.4 is 5.32 Å². The van der Waals surface area contributed by atoms with Crippen LogP contribution in [0.25, 0.3) is 0 Å². The second-order valence-corrected chi connectivity index (χ2v) is 7.49. The van der Waals surface area contributed by atoms with Gasteiger partial charge in [-0.2, -0.15) is 0 Å². The predicted octanol–water partition coefficient (Wildman–Crippen LogP) is 3.19. The maximum Gasteiger partial charge on any atom is 0.407 e. The molecule has 0 saturated carbocycles. The Kier molecular flexibility index (Phi) is 7.17. The van der Waals surface area contributed by atoms with Gasteiger partial charge in [-0.1, -0.05) is 13.8 Å². The van der Waals surface area contributed by atoms with Gasteiger partial charge < -0.3 is 15.0 Å². The van der Waals surface area contributed by atoms with E-state index in [2.05, 4.69) is 19.2 Å². The van der Waals surface area contributed by atoms with Gasteiger partial charge in [0.15, 0.2) is 0 Å². The highest BCUT2D eigenvalue weighted by Gasteiger charge is 2.22. The number of hydrogen-bond donors (Lipinski definition) is 1. The molecule has 1 aliphatic heterocycles. The molecule has 0 aromatic carbocycles. The van der Waals surface area contributed by atoms with Crippen molar-refractivity contribution < 1.29 is 14.3 Å². The molecule has 0 aromatic rings. The highest BCUT2D eigenvalue weighted by molar-refractivity contribution is 5.77. The lowest BCUT2D eigenvalue weighted by Crippen LogP contribution is -2.37. The van der Waals surface area contributed by atoms with Crippen molar-refractivity contribution in [3.05, 3.63) is 0 Å². The first-order valence-electron chi connectivity index (χ1n) is 8.43. The van der Waals surface area contributed by atoms with E-state index in [0.717, 1.165) is 31.8 Å². The summed E-state index contributed by atoms with van der Waals surface area (Å²) in [5.74, 6) is 1.53. The SMILES string of the molecule is CC(C)C1CCCN(C(=O)CCNC(=O)OC(C)(C)C)CC1. The van der Waals surface area contributed by atoms with Crippen LogP contribution in [0.1, 0.15) is 60.3 Å². The summed E-state index contributed by atoms with van der Waals surface area (Å²) in [4.78, 5) is 25.7. The Morgan fingerprint density at radius 3 is 2.50 bits per heavy atom. The summed E-state index contributed by atoms with van der Waals surface area (Å²) < 4.78 is 5.15. The van der Waals surface area contributed by atoms with Gasteiger partial charge in [-0.05, 0) is 51.9 Å². The average Bonchev–Trinajstić information content (AvgIpc) is 2.62. The zero-order valence-electron chi connectivity index (χ0n) is 14.8. The number of carbonyl (C=O) groups excluding carboxylic acids is 2. The zero-order valence-corrected chi connectivity index (χ0v) is 14.8. The average molecular weight is 312 g/mol. The fraction of sp³-hybridized carbons (Fsp3) is 0.882. The van der Waals surface area contributed by atoms with Gasteiger partial charge in [0.25, 0.3) is 0 Å². The Morgan fingerprint density at radius 2 is 1.91 bits per heavy atom. The summed E-state index contributed by atoms with van der Waals surface area (Å²) in [7, 11) is 0. The van der Waals surface area contributed by atoms with Crippen molar-refractivity contribution in [3.8, 4) is 0 Å². The molecule has 0 spiro atoms. The number of alkyl carbamates (subject to hydrolysis) is 1. The molecule has 1 unspecified atom stereocenters. The second-order valence-electron chi connectivity index (χ2n) is 7.49. The van der Waals surface area contributed by atoms with Crippen LogP contribution >= 0.6 is 0 Å². The number of hydrogen-bond acceptors (Lipinski definition) is 3. The number of amides is 2. The third kappa shape index (κ3) is 7.14. The summed E-state index contributed by atoms with van der Waals surface area (Å²) in [5, 5.41) is 2.64. The van der Waals surface area contributed by atoms with Crippen LogP contribution in [0.3, 0.4) is 0 Å². The van der Waals surface area contributed by atoms with Crippen molar-refractivity contribution in [2.24, 2.45) is 11.8 Å². The largest absolute Gasteiger partial charge is 0.444 e. The Hall–Kier alpha value is -1.26. The van der Waals surface area contributed by atoms with Crippen LogP contribution in [0, 0.1) is 11.8 Å². The van der Waals surface area contributed by atoms with E-state index >= 15 is 0 Å². The van der Waals surface area contributed by atoms with Gasteiger partial charge in [0.05, 0.1) is 0 Å². The van der Waals surface area contributed by atoms with Gasteiger partial charge in [-0.25, -0.2) is 4.79 Å². The van der Waals surface area contributed by atoms with Crippen molar-refractivity contribution in [3.63, 3.8) is 0 Å². The van der Waals surface area contributed by atoms with E-state index in [4.69, 9.17) is 4.74 Å². The van der Waals surface area contributed by atoms with Crippen LogP contribution in [-0.4, -0.2) is 42.1 Å². The topological polar surface area (TPSA) is 58.6 Å². The minimum Gasteiger partial charge on any atom is -0.444 e. The van der Waals surface area contributed by atoms with Crippen molar-refractivity contribution in [2.75, 3.05) is 19.6 Å². The van der Waals surface area contributed by atoms with Crippen molar-refractivity contribution >= 4 is 12.0 Å². The lowest BCUT2D eigenvalue weighted by molar-refractivity contribution is -0.131. The fourth-order valence-corrected chi connectivity index (χ4v) is 2.78. The van der Waals surface area contributed by atoms with E-state index in [1.165, 1.54) is 6.42 Å². The number of nitrogens with zero attached hydrogens (tertiary/aromatic N) is 1. The third-order valence-electron chi connectivity index (χ3n) is 4.08. The Bertz CT molecular complexity index is 375. The van der Waals surface area contributed by atoms with Crippen molar-refractivity contribution in [1.82, 2.24) is 10.2 Å². The highest BCUT2D eigenvalue weighted by atomic mass is 16.6. The number of rotatable bonds is 4. The molecule has 0 aromatic heterocycles. The van der Waals surface area contributed by atoms with Crippen LogP contribution in [0.2, 0.25) is 0 Å². The molecule has 5 nitrogen and oxygen atoms in total. The zero-order chi connectivity index (χ0) is 16.8. The number of ether oxygens (including phenoxy) is 1. The lowest BCUT2D eigenvalue weighted by atomic mass is 9.89. The van der Waals surface area contributed by atoms with Crippen LogP contribution in [-0.2, 0) is 9.53 Å². The number of nitrogens with one attached hydrogen (secondary N) is 1. The molecule has 1 atom stereocenters. The quantitative estimate of drug-likeness (QED) is 0.867. The molecular formula is C17H32N2O3. The number of likely N-dealkylation sites (tertiary alicyclic amines) is 1. The molecule has 0 radical (unpaired) electrons. The molecular weight excluding hydrogens is 280 g/mol. The van der Waals surface area contributed by atoms with Crippen LogP contribution in [0.4, 0.5) is 4.79 Å². The minimum atomic E-state index is -0.509. The summed E-state index contributed by atoms with van der Waals surface area (Å²) >= 11 is 0. The van der Waals surface area contributed by atoms with E-state index in [0.29, 0.717) is 18.9 Å². The fourth-order valence-electron chi connectivity index (χ4n) is 2.78. The first-order chi connectivity index (χ1) is 10.2. The summed E-state index contributed by atoms with van der Waals surface area (Å²) in [6.45, 7) is 12.0. The van der Waals surface area contributed by atoms with Gasteiger partial charge in [-0.3, -0.25) is 4.79 Å². The second kappa shape index (κ2) is 8.39. The van der Waals surface area contributed by atoms with Gasteiger partial charge in [-0.15, -0.1) is 0 Å². The molecule has 2 amide bonds. The molecule has 128 valence electrons. The van der Waals surface area contributed by atoms with E-state index < -0.39 is 11.7 Å². The summed E-state index contributed by atoms with van der Waals surface area (Å²) in [6.07, 6.45) is 3.25. The van der Waals surface area contributed by atoms with E-state index in [1.807, 2.05) is 25.7 Å². The smallest absolute Gasteiger partial charge is 0.407 e. The van der Waals surface area contributed by atoms with Crippen LogP contribution in [0.15, 0.2) is 0 Å². The molecule has 1 rings (SSSR count). The van der Waals surface area contributed by atoms with E-state index in [1.54, 1.807) is 0 Å². The first kappa shape index (κ1) is 18.8. The van der Waals surface area contributed by atoms with Gasteiger partial charge in [0, 0.05) is 26.1 Å². The molecule has 0 bridgehead atoms. The normalized spacial score (nSPS) is 19.7. The molecule has 1 heterocycles. The standard InChI is InChI=1S/C17H32N2O3/c1-13(2)14-7-6-11-19(12-9-14)15(20)8-10-18-16(21)22-17(3,4)5/h13-14H,6-12H2,1-5H3,(H,18,21). The van der Waals surface area contributed by atoms with Crippen molar-refractivity contribution in [1.29, 1.82) is 0 Å². The first-order valence-corrected chi connectivity index (χ1v) is 8.43. The molecule has 1 aliphatic rings. The Morgan fingerprint density at radius 1 is 1.23 bits per heavy atom. The Labute approximate surface area is 134 Å².